The van der Waals surface area contributed by atoms with E-state index in [4.69, 9.17) is 0 Å². The van der Waals surface area contributed by atoms with Crippen LogP contribution in [-0.2, 0) is 0 Å². The largest absolute Gasteiger partial charge is 0.310 e. The Morgan fingerprint density at radius 1 is 0.254 bits per heavy atom. The summed E-state index contributed by atoms with van der Waals surface area (Å²) in [6.07, 6.45) is 0. The van der Waals surface area contributed by atoms with Crippen LogP contribution in [0.15, 0.2) is 236 Å². The van der Waals surface area contributed by atoms with Crippen molar-refractivity contribution < 1.29 is 5.48 Å². The third-order valence-electron chi connectivity index (χ3n) is 11.5. The van der Waals surface area contributed by atoms with Gasteiger partial charge in [0.2, 0.25) is 0 Å². The van der Waals surface area contributed by atoms with Crippen molar-refractivity contribution in [1.29, 1.82) is 0 Å². The van der Waals surface area contributed by atoms with Crippen molar-refractivity contribution in [2.75, 3.05) is 4.90 Å². The van der Waals surface area contributed by atoms with Crippen LogP contribution in [-0.4, -0.2) is 0 Å². The predicted octanol–water partition coefficient (Wildman–Crippen LogP) is 16.4. The summed E-state index contributed by atoms with van der Waals surface area (Å²) in [5.74, 6) is 0. The summed E-state index contributed by atoms with van der Waals surface area (Å²) in [4.78, 5) is 1.89. The molecule has 59 heavy (non-hydrogen) atoms. The average molecular weight is 754 g/mol. The second-order valence-electron chi connectivity index (χ2n) is 15.0. The molecule has 0 amide bonds. The average Bonchev–Trinajstić information content (AvgIpc) is 3.35. The molecular formula is C58H39N. The normalized spacial score (nSPS) is 12.3. The molecule has 0 aromatic heterocycles. The molecule has 276 valence electrons. The molecule has 0 saturated heterocycles. The lowest BCUT2D eigenvalue weighted by molar-refractivity contribution is 1.28. The molecule has 0 aliphatic carbocycles. The minimum Gasteiger partial charge on any atom is -0.310 e. The van der Waals surface area contributed by atoms with Gasteiger partial charge in [0.1, 0.15) is 0 Å². The lowest BCUT2D eigenvalue weighted by Gasteiger charge is -2.27. The highest BCUT2D eigenvalue weighted by molar-refractivity contribution is 6.15. The summed E-state index contributed by atoms with van der Waals surface area (Å²) < 4.78 is 38.9. The topological polar surface area (TPSA) is 3.24 Å². The van der Waals surface area contributed by atoms with Crippen LogP contribution >= 0.6 is 0 Å². The number of nitrogens with zero attached hydrogens (tertiary/aromatic N) is 1. The van der Waals surface area contributed by atoms with Gasteiger partial charge in [-0.1, -0.05) is 188 Å². The van der Waals surface area contributed by atoms with E-state index in [1.807, 2.05) is 89.8 Å². The van der Waals surface area contributed by atoms with Crippen LogP contribution in [0, 0.1) is 0 Å². The maximum absolute atomic E-state index is 9.77. The highest BCUT2D eigenvalue weighted by atomic mass is 15.1. The highest BCUT2D eigenvalue weighted by Gasteiger charge is 2.17. The van der Waals surface area contributed by atoms with Crippen LogP contribution in [0.2, 0.25) is 0 Å². The minimum absolute atomic E-state index is 0.0942. The van der Waals surface area contributed by atoms with Gasteiger partial charge in [-0.2, -0.15) is 0 Å². The van der Waals surface area contributed by atoms with Crippen molar-refractivity contribution >= 4 is 60.2 Å². The molecule has 0 N–H and O–H groups in total. The number of rotatable bonds is 7. The van der Waals surface area contributed by atoms with Gasteiger partial charge >= 0.3 is 0 Å². The van der Waals surface area contributed by atoms with Crippen LogP contribution in [0.3, 0.4) is 0 Å². The van der Waals surface area contributed by atoms with Gasteiger partial charge in [-0.3, -0.25) is 0 Å². The second kappa shape index (κ2) is 14.6. The zero-order valence-corrected chi connectivity index (χ0v) is 32.2. The zero-order valence-electron chi connectivity index (χ0n) is 36.2. The van der Waals surface area contributed by atoms with Gasteiger partial charge in [-0.15, -0.1) is 0 Å². The van der Waals surface area contributed by atoms with Crippen molar-refractivity contribution in [3.8, 4) is 44.5 Å². The predicted molar refractivity (Wildman–Crippen MR) is 253 cm³/mol. The molecule has 0 fully saturated rings. The Hall–Kier alpha value is -7.74. The third-order valence-corrected chi connectivity index (χ3v) is 11.5. The number of hydrogen-bond donors (Lipinski definition) is 0. The first-order chi connectivity index (χ1) is 30.9. The van der Waals surface area contributed by atoms with Crippen molar-refractivity contribution in [2.45, 2.75) is 0 Å². The van der Waals surface area contributed by atoms with Gasteiger partial charge < -0.3 is 4.90 Å². The van der Waals surface area contributed by atoms with E-state index in [0.29, 0.717) is 11.3 Å². The molecule has 0 saturated carbocycles. The van der Waals surface area contributed by atoms with Crippen LogP contribution < -0.4 is 4.90 Å². The first-order valence-electron chi connectivity index (χ1n) is 22.0. The Labute approximate surface area is 350 Å². The van der Waals surface area contributed by atoms with Crippen LogP contribution in [0.4, 0.5) is 17.1 Å². The van der Waals surface area contributed by atoms with Crippen molar-refractivity contribution in [3.63, 3.8) is 0 Å². The van der Waals surface area contributed by atoms with E-state index in [1.165, 1.54) is 5.39 Å². The maximum atomic E-state index is 9.77. The first-order valence-corrected chi connectivity index (χ1v) is 20.0. The smallest absolute Gasteiger partial charge is 0.0645 e. The molecule has 1 heteroatoms. The van der Waals surface area contributed by atoms with Crippen LogP contribution in [0.25, 0.3) is 87.6 Å². The molecule has 0 radical (unpaired) electrons. The van der Waals surface area contributed by atoms with Gasteiger partial charge in [-0.05, 0) is 136 Å². The highest BCUT2D eigenvalue weighted by Crippen LogP contribution is 2.42. The quantitative estimate of drug-likeness (QED) is 0.147. The summed E-state index contributed by atoms with van der Waals surface area (Å²) in [5.41, 5.74) is 9.00. The Morgan fingerprint density at radius 3 is 1.24 bits per heavy atom. The van der Waals surface area contributed by atoms with Gasteiger partial charge in [0.05, 0.1) is 5.48 Å². The van der Waals surface area contributed by atoms with Gasteiger partial charge in [0, 0.05) is 17.1 Å². The van der Waals surface area contributed by atoms with E-state index < -0.39 is 0 Å². The number of anilines is 3. The van der Waals surface area contributed by atoms with E-state index in [0.717, 1.165) is 76.8 Å². The van der Waals surface area contributed by atoms with E-state index in [1.54, 1.807) is 0 Å². The molecule has 0 aliphatic rings. The number of fused-ring (bicyclic) bond motifs is 6. The molecule has 11 aromatic carbocycles. The third kappa shape index (κ3) is 6.30. The number of hydrogen-bond acceptors (Lipinski definition) is 1. The molecule has 0 heterocycles. The van der Waals surface area contributed by atoms with Crippen LogP contribution in [0.5, 0.6) is 0 Å². The van der Waals surface area contributed by atoms with Gasteiger partial charge in [-0.25, -0.2) is 0 Å². The molecule has 11 rings (SSSR count). The lowest BCUT2D eigenvalue weighted by Crippen LogP contribution is -2.10. The summed E-state index contributed by atoms with van der Waals surface area (Å²) >= 11 is 0. The Bertz CT molecular complexity index is 3520. The molecule has 0 atom stereocenters. The Morgan fingerprint density at radius 2 is 0.678 bits per heavy atom. The van der Waals surface area contributed by atoms with E-state index in [9.17, 15) is 5.48 Å². The van der Waals surface area contributed by atoms with Gasteiger partial charge in [0.15, 0.2) is 0 Å². The zero-order chi connectivity index (χ0) is 42.6. The van der Waals surface area contributed by atoms with Crippen LogP contribution in [0.1, 0.15) is 5.48 Å². The van der Waals surface area contributed by atoms with Gasteiger partial charge in [0.25, 0.3) is 0 Å². The number of benzene rings is 11. The van der Waals surface area contributed by atoms with Crippen molar-refractivity contribution in [3.05, 3.63) is 236 Å². The molecule has 0 bridgehead atoms. The minimum atomic E-state index is -0.120. The maximum Gasteiger partial charge on any atom is 0.0645 e. The molecule has 11 aromatic rings. The first kappa shape index (κ1) is 30.4. The monoisotopic (exact) mass is 753 g/mol. The summed E-state index contributed by atoms with van der Waals surface area (Å²) in [6, 6.07) is 72.0. The molecule has 1 nitrogen and oxygen atoms in total. The summed E-state index contributed by atoms with van der Waals surface area (Å²) in [5, 5.41) is 8.54. The molecule has 0 spiro atoms. The fourth-order valence-corrected chi connectivity index (χ4v) is 8.62. The Kier molecular flexibility index (Phi) is 7.55. The molecular weight excluding hydrogens is 711 g/mol. The van der Waals surface area contributed by atoms with Crippen molar-refractivity contribution in [2.24, 2.45) is 0 Å². The fourth-order valence-electron chi connectivity index (χ4n) is 8.62. The van der Waals surface area contributed by atoms with E-state index >= 15 is 0 Å². The standard InChI is InChI=1S/C58H39N/c1-2-13-40(14-3-1)41-25-27-42(28-26-41)43-29-33-48(34-30-43)59(49-35-31-44(32-36-49)57-38-46-15-4-6-19-51(46)53-21-8-10-23-55(53)57)50-18-12-17-45(37-50)58-39-47-16-5-7-20-52(47)54-22-9-11-24-56(54)58/h1-39H/i31D,32D,35D,36D. The summed E-state index contributed by atoms with van der Waals surface area (Å²) in [7, 11) is 0. The summed E-state index contributed by atoms with van der Waals surface area (Å²) in [6.45, 7) is 0. The van der Waals surface area contributed by atoms with E-state index in [-0.39, 0.29) is 35.4 Å². The van der Waals surface area contributed by atoms with E-state index in [2.05, 4.69) is 127 Å². The van der Waals surface area contributed by atoms with Crippen molar-refractivity contribution in [1.82, 2.24) is 0 Å². The second-order valence-corrected chi connectivity index (χ2v) is 15.0. The Balaban J connectivity index is 1.09. The lowest BCUT2D eigenvalue weighted by atomic mass is 9.93. The SMILES string of the molecule is [2H]c1c([2H])c(N(c2ccc(-c3ccc(-c4ccccc4)cc3)cc2)c2cccc(-c3cc4ccccc4c4ccccc34)c2)c([2H])c([2H])c1-c1cc2ccccc2c2ccccc12. The molecule has 0 aliphatic heterocycles. The fraction of sp³-hybridized carbons (Fsp3) is 0. The molecule has 0 unspecified atom stereocenters.